The number of Topliss-reactive ketones (excluding diaryl/α,β-unsaturated/α-hetero) is 1. The molecule has 90 valence electrons. The van der Waals surface area contributed by atoms with Crippen LogP contribution in [0.5, 0.6) is 0 Å². The number of allylic oxidation sites excluding steroid dienone is 2. The van der Waals surface area contributed by atoms with E-state index in [0.29, 0.717) is 5.92 Å². The van der Waals surface area contributed by atoms with Gasteiger partial charge in [0, 0.05) is 5.56 Å². The highest BCUT2D eigenvalue weighted by molar-refractivity contribution is 6.08. The van der Waals surface area contributed by atoms with Crippen LogP contribution in [-0.2, 0) is 0 Å². The van der Waals surface area contributed by atoms with Gasteiger partial charge in [0.2, 0.25) is 0 Å². The molecule has 1 nitrogen and oxygen atoms in total. The SMILES string of the molecule is C/C(=C\C1CCCCC1)C(=O)c1ccccc1. The van der Waals surface area contributed by atoms with Gasteiger partial charge < -0.3 is 0 Å². The quantitative estimate of drug-likeness (QED) is 0.553. The van der Waals surface area contributed by atoms with Gasteiger partial charge in [-0.15, -0.1) is 0 Å². The van der Waals surface area contributed by atoms with E-state index in [1.54, 1.807) is 0 Å². The molecular formula is C16H20O. The molecule has 0 radical (unpaired) electrons. The normalized spacial score (nSPS) is 18.1. The Hall–Kier alpha value is -1.37. The lowest BCUT2D eigenvalue weighted by Gasteiger charge is -2.18. The van der Waals surface area contributed by atoms with Crippen LogP contribution in [0.2, 0.25) is 0 Å². The molecule has 0 spiro atoms. The van der Waals surface area contributed by atoms with Gasteiger partial charge >= 0.3 is 0 Å². The molecule has 1 aliphatic carbocycles. The van der Waals surface area contributed by atoms with Crippen LogP contribution in [0.25, 0.3) is 0 Å². The van der Waals surface area contributed by atoms with E-state index in [0.717, 1.165) is 11.1 Å². The Bertz CT molecular complexity index is 397. The summed E-state index contributed by atoms with van der Waals surface area (Å²) in [7, 11) is 0. The average Bonchev–Trinajstić information content (AvgIpc) is 2.40. The fraction of sp³-hybridized carbons (Fsp3) is 0.438. The highest BCUT2D eigenvalue weighted by atomic mass is 16.1. The summed E-state index contributed by atoms with van der Waals surface area (Å²) in [5, 5.41) is 0. The summed E-state index contributed by atoms with van der Waals surface area (Å²) in [6.07, 6.45) is 8.67. The zero-order valence-electron chi connectivity index (χ0n) is 10.5. The first kappa shape index (κ1) is 12.1. The third kappa shape index (κ3) is 3.29. The third-order valence-electron chi connectivity index (χ3n) is 3.53. The number of ketones is 1. The number of hydrogen-bond acceptors (Lipinski definition) is 1. The van der Waals surface area contributed by atoms with E-state index in [9.17, 15) is 4.79 Å². The molecule has 0 aliphatic heterocycles. The summed E-state index contributed by atoms with van der Waals surface area (Å²) in [6, 6.07) is 9.56. The lowest BCUT2D eigenvalue weighted by atomic mass is 9.87. The van der Waals surface area contributed by atoms with Crippen molar-refractivity contribution in [2.45, 2.75) is 39.0 Å². The lowest BCUT2D eigenvalue weighted by Crippen LogP contribution is -2.07. The first-order valence-electron chi connectivity index (χ1n) is 6.55. The van der Waals surface area contributed by atoms with Gasteiger partial charge in [-0.3, -0.25) is 4.79 Å². The minimum atomic E-state index is 0.177. The maximum atomic E-state index is 12.2. The minimum Gasteiger partial charge on any atom is -0.289 e. The number of benzene rings is 1. The van der Waals surface area contributed by atoms with Crippen molar-refractivity contribution in [2.24, 2.45) is 5.92 Å². The van der Waals surface area contributed by atoms with Crippen molar-refractivity contribution < 1.29 is 4.79 Å². The minimum absolute atomic E-state index is 0.177. The van der Waals surface area contributed by atoms with E-state index in [-0.39, 0.29) is 5.78 Å². The zero-order chi connectivity index (χ0) is 12.1. The van der Waals surface area contributed by atoms with Crippen LogP contribution in [0.4, 0.5) is 0 Å². The van der Waals surface area contributed by atoms with Gasteiger partial charge in [0.05, 0.1) is 0 Å². The van der Waals surface area contributed by atoms with Crippen molar-refractivity contribution in [1.29, 1.82) is 0 Å². The highest BCUT2D eigenvalue weighted by Crippen LogP contribution is 2.26. The molecule has 0 bridgehead atoms. The largest absolute Gasteiger partial charge is 0.289 e. The summed E-state index contributed by atoms with van der Waals surface area (Å²) in [5.74, 6) is 0.799. The smallest absolute Gasteiger partial charge is 0.188 e. The molecular weight excluding hydrogens is 208 g/mol. The van der Waals surface area contributed by atoms with E-state index in [2.05, 4.69) is 6.08 Å². The van der Waals surface area contributed by atoms with Gasteiger partial charge in [0.25, 0.3) is 0 Å². The van der Waals surface area contributed by atoms with Gasteiger partial charge in [-0.1, -0.05) is 55.7 Å². The molecule has 0 amide bonds. The van der Waals surface area contributed by atoms with E-state index in [1.165, 1.54) is 32.1 Å². The molecule has 1 saturated carbocycles. The van der Waals surface area contributed by atoms with Crippen molar-refractivity contribution in [3.8, 4) is 0 Å². The summed E-state index contributed by atoms with van der Waals surface area (Å²) in [6.45, 7) is 1.95. The van der Waals surface area contributed by atoms with Crippen molar-refractivity contribution in [3.05, 3.63) is 47.5 Å². The highest BCUT2D eigenvalue weighted by Gasteiger charge is 2.14. The van der Waals surface area contributed by atoms with Crippen LogP contribution in [0, 0.1) is 5.92 Å². The second-order valence-electron chi connectivity index (χ2n) is 4.94. The van der Waals surface area contributed by atoms with Gasteiger partial charge in [0.1, 0.15) is 0 Å². The summed E-state index contributed by atoms with van der Waals surface area (Å²) < 4.78 is 0. The van der Waals surface area contributed by atoms with Crippen LogP contribution in [-0.4, -0.2) is 5.78 Å². The Morgan fingerprint density at radius 2 is 1.76 bits per heavy atom. The first-order chi connectivity index (χ1) is 8.27. The van der Waals surface area contributed by atoms with Crippen LogP contribution in [0.1, 0.15) is 49.4 Å². The van der Waals surface area contributed by atoms with Crippen LogP contribution >= 0.6 is 0 Å². The maximum Gasteiger partial charge on any atom is 0.188 e. The van der Waals surface area contributed by atoms with Crippen molar-refractivity contribution in [1.82, 2.24) is 0 Å². The molecule has 0 unspecified atom stereocenters. The molecule has 0 atom stereocenters. The number of carbonyl (C=O) groups is 1. The fourth-order valence-electron chi connectivity index (χ4n) is 2.55. The molecule has 17 heavy (non-hydrogen) atoms. The van der Waals surface area contributed by atoms with Crippen LogP contribution in [0.15, 0.2) is 42.0 Å². The second-order valence-corrected chi connectivity index (χ2v) is 4.94. The summed E-state index contributed by atoms with van der Waals surface area (Å²) in [5.41, 5.74) is 1.71. The predicted molar refractivity (Wildman–Crippen MR) is 71.1 cm³/mol. The van der Waals surface area contributed by atoms with Crippen LogP contribution in [0.3, 0.4) is 0 Å². The molecule has 1 aromatic rings. The zero-order valence-corrected chi connectivity index (χ0v) is 10.5. The Morgan fingerprint density at radius 1 is 1.12 bits per heavy atom. The lowest BCUT2D eigenvalue weighted by molar-refractivity contribution is 0.103. The number of carbonyl (C=O) groups excluding carboxylic acids is 1. The molecule has 1 aromatic carbocycles. The molecule has 1 fully saturated rings. The molecule has 2 rings (SSSR count). The second kappa shape index (κ2) is 5.81. The van der Waals surface area contributed by atoms with Crippen molar-refractivity contribution in [2.75, 3.05) is 0 Å². The number of hydrogen-bond donors (Lipinski definition) is 0. The van der Waals surface area contributed by atoms with Gasteiger partial charge in [-0.05, 0) is 31.3 Å². The van der Waals surface area contributed by atoms with Gasteiger partial charge in [-0.25, -0.2) is 0 Å². The van der Waals surface area contributed by atoms with E-state index in [1.807, 2.05) is 37.3 Å². The van der Waals surface area contributed by atoms with E-state index >= 15 is 0 Å². The average molecular weight is 228 g/mol. The molecule has 1 heteroatoms. The van der Waals surface area contributed by atoms with Gasteiger partial charge in [-0.2, -0.15) is 0 Å². The molecule has 0 aromatic heterocycles. The third-order valence-corrected chi connectivity index (χ3v) is 3.53. The maximum absolute atomic E-state index is 12.2. The first-order valence-corrected chi connectivity index (χ1v) is 6.55. The van der Waals surface area contributed by atoms with Gasteiger partial charge in [0.15, 0.2) is 5.78 Å². The Kier molecular flexibility index (Phi) is 4.13. The molecule has 0 saturated heterocycles. The summed E-state index contributed by atoms with van der Waals surface area (Å²) in [4.78, 5) is 12.2. The Morgan fingerprint density at radius 3 is 2.41 bits per heavy atom. The van der Waals surface area contributed by atoms with Crippen molar-refractivity contribution in [3.63, 3.8) is 0 Å². The van der Waals surface area contributed by atoms with E-state index < -0.39 is 0 Å². The Balaban J connectivity index is 2.06. The van der Waals surface area contributed by atoms with Crippen LogP contribution < -0.4 is 0 Å². The summed E-state index contributed by atoms with van der Waals surface area (Å²) >= 11 is 0. The molecule has 1 aliphatic rings. The molecule has 0 heterocycles. The van der Waals surface area contributed by atoms with E-state index in [4.69, 9.17) is 0 Å². The van der Waals surface area contributed by atoms with Crippen molar-refractivity contribution >= 4 is 5.78 Å². The topological polar surface area (TPSA) is 17.1 Å². The predicted octanol–water partition coefficient (Wildman–Crippen LogP) is 4.40. The Labute approximate surface area is 104 Å². The number of rotatable bonds is 3. The monoisotopic (exact) mass is 228 g/mol. The fourth-order valence-corrected chi connectivity index (χ4v) is 2.55. The standard InChI is InChI=1S/C16H20O/c1-13(12-14-8-4-2-5-9-14)16(17)15-10-6-3-7-11-15/h3,6-7,10-12,14H,2,4-5,8-9H2,1H3/b13-12+. The molecule has 0 N–H and O–H groups in total.